The molecule has 0 amide bonds. The van der Waals surface area contributed by atoms with Gasteiger partial charge in [-0.3, -0.25) is 4.79 Å². The predicted molar refractivity (Wildman–Crippen MR) is 97.4 cm³/mol. The largest absolute Gasteiger partial charge is 0.481 e. The molecule has 0 aliphatic heterocycles. The van der Waals surface area contributed by atoms with Crippen LogP contribution in [0.5, 0.6) is 0 Å². The summed E-state index contributed by atoms with van der Waals surface area (Å²) in [6.07, 6.45) is 23.6. The molecular formula is C20H32O3. The quantitative estimate of drug-likeness (QED) is 0.263. The van der Waals surface area contributed by atoms with Crippen LogP contribution in [-0.2, 0) is 4.79 Å². The third-order valence-electron chi connectivity index (χ3n) is 3.32. The lowest BCUT2D eigenvalue weighted by Crippen LogP contribution is -2.00. The van der Waals surface area contributed by atoms with E-state index >= 15 is 0 Å². The summed E-state index contributed by atoms with van der Waals surface area (Å²) in [6, 6.07) is 0. The Morgan fingerprint density at radius 1 is 0.957 bits per heavy atom. The topological polar surface area (TPSA) is 57.5 Å². The first-order chi connectivity index (χ1) is 11.2. The number of rotatable bonds is 14. The van der Waals surface area contributed by atoms with Crippen molar-refractivity contribution in [1.29, 1.82) is 0 Å². The Morgan fingerprint density at radius 3 is 2.35 bits per heavy atom. The molecular weight excluding hydrogens is 288 g/mol. The normalized spacial score (nSPS) is 13.8. The van der Waals surface area contributed by atoms with E-state index in [9.17, 15) is 9.90 Å². The molecule has 0 aromatic rings. The average Bonchev–Trinajstić information content (AvgIpc) is 2.51. The lowest BCUT2D eigenvalue weighted by molar-refractivity contribution is -0.137. The molecule has 0 radical (unpaired) electrons. The number of carboxylic acids is 1. The second kappa shape index (κ2) is 16.8. The van der Waals surface area contributed by atoms with Gasteiger partial charge in [-0.2, -0.15) is 0 Å². The van der Waals surface area contributed by atoms with Gasteiger partial charge in [0.1, 0.15) is 0 Å². The highest BCUT2D eigenvalue weighted by molar-refractivity contribution is 5.66. The van der Waals surface area contributed by atoms with Crippen molar-refractivity contribution in [2.45, 2.75) is 70.8 Å². The number of unbranched alkanes of at least 4 members (excludes halogenated alkanes) is 3. The molecule has 130 valence electrons. The monoisotopic (exact) mass is 320 g/mol. The molecule has 0 bridgehead atoms. The Hall–Kier alpha value is -1.61. The Balaban J connectivity index is 3.57. The van der Waals surface area contributed by atoms with Gasteiger partial charge in [0.2, 0.25) is 0 Å². The standard InChI is InChI=1S/C20H32O3/c1-2-3-13-16-19(21)17-14-11-9-7-5-4-6-8-10-12-15-18-20(22)23/h4-5,8-11,14,17,19,21H,2-3,6-7,12-13,15-16,18H2,1H3,(H,22,23)/b5-4+,10-8+,11-9+,17-14+/t19-/m0/s1. The zero-order valence-corrected chi connectivity index (χ0v) is 14.4. The van der Waals surface area contributed by atoms with Gasteiger partial charge in [-0.25, -0.2) is 0 Å². The molecule has 2 N–H and O–H groups in total. The minimum Gasteiger partial charge on any atom is -0.481 e. The Morgan fingerprint density at radius 2 is 1.65 bits per heavy atom. The Kier molecular flexibility index (Phi) is 15.6. The number of aliphatic hydroxyl groups excluding tert-OH is 1. The van der Waals surface area contributed by atoms with Gasteiger partial charge in [0.05, 0.1) is 6.10 Å². The number of carbonyl (C=O) groups is 1. The number of hydrogen-bond acceptors (Lipinski definition) is 2. The molecule has 1 atom stereocenters. The van der Waals surface area contributed by atoms with Crippen LogP contribution < -0.4 is 0 Å². The van der Waals surface area contributed by atoms with Crippen LogP contribution in [-0.4, -0.2) is 22.3 Å². The highest BCUT2D eigenvalue weighted by atomic mass is 16.4. The molecule has 3 heteroatoms. The summed E-state index contributed by atoms with van der Waals surface area (Å²) < 4.78 is 0. The van der Waals surface area contributed by atoms with Crippen molar-refractivity contribution >= 4 is 5.97 Å². The minimum absolute atomic E-state index is 0.242. The molecule has 0 fully saturated rings. The first kappa shape index (κ1) is 21.4. The Labute approximate surface area is 141 Å². The molecule has 0 aliphatic rings. The second-order valence-electron chi connectivity index (χ2n) is 5.58. The number of allylic oxidation sites excluding steroid dienone is 7. The van der Waals surface area contributed by atoms with Crippen LogP contribution in [0.4, 0.5) is 0 Å². The van der Waals surface area contributed by atoms with Gasteiger partial charge in [0, 0.05) is 6.42 Å². The number of aliphatic hydroxyl groups is 1. The van der Waals surface area contributed by atoms with Crippen molar-refractivity contribution in [3.63, 3.8) is 0 Å². The van der Waals surface area contributed by atoms with Crippen LogP contribution in [0.15, 0.2) is 48.6 Å². The van der Waals surface area contributed by atoms with E-state index in [2.05, 4.69) is 31.2 Å². The van der Waals surface area contributed by atoms with E-state index in [4.69, 9.17) is 5.11 Å². The van der Waals surface area contributed by atoms with Gasteiger partial charge in [-0.1, -0.05) is 74.8 Å². The van der Waals surface area contributed by atoms with Crippen LogP contribution in [0, 0.1) is 0 Å². The van der Waals surface area contributed by atoms with Crippen LogP contribution in [0.3, 0.4) is 0 Å². The zero-order chi connectivity index (χ0) is 17.2. The fraction of sp³-hybridized carbons (Fsp3) is 0.550. The van der Waals surface area contributed by atoms with Crippen molar-refractivity contribution in [1.82, 2.24) is 0 Å². The minimum atomic E-state index is -0.729. The van der Waals surface area contributed by atoms with Gasteiger partial charge >= 0.3 is 5.97 Å². The van der Waals surface area contributed by atoms with Crippen molar-refractivity contribution in [2.75, 3.05) is 0 Å². The van der Waals surface area contributed by atoms with E-state index in [1.54, 1.807) is 0 Å². The molecule has 0 aliphatic carbocycles. The van der Waals surface area contributed by atoms with Crippen LogP contribution in [0.1, 0.15) is 64.7 Å². The maximum Gasteiger partial charge on any atom is 0.303 e. The van der Waals surface area contributed by atoms with E-state index in [-0.39, 0.29) is 12.5 Å². The highest BCUT2D eigenvalue weighted by Crippen LogP contribution is 2.04. The molecule has 0 spiro atoms. The summed E-state index contributed by atoms with van der Waals surface area (Å²) in [7, 11) is 0. The molecule has 0 saturated carbocycles. The molecule has 3 nitrogen and oxygen atoms in total. The fourth-order valence-corrected chi connectivity index (χ4v) is 1.98. The first-order valence-corrected chi connectivity index (χ1v) is 8.70. The summed E-state index contributed by atoms with van der Waals surface area (Å²) in [4.78, 5) is 10.3. The van der Waals surface area contributed by atoms with Gasteiger partial charge < -0.3 is 10.2 Å². The summed E-state index contributed by atoms with van der Waals surface area (Å²) >= 11 is 0. The number of hydrogen-bond donors (Lipinski definition) is 2. The molecule has 0 saturated heterocycles. The number of aliphatic carboxylic acids is 1. The van der Waals surface area contributed by atoms with Crippen LogP contribution in [0.25, 0.3) is 0 Å². The fourth-order valence-electron chi connectivity index (χ4n) is 1.98. The van der Waals surface area contributed by atoms with Crippen molar-refractivity contribution < 1.29 is 15.0 Å². The van der Waals surface area contributed by atoms with E-state index in [1.807, 2.05) is 24.3 Å². The molecule has 0 unspecified atom stereocenters. The SMILES string of the molecule is CCCCC[C@H](O)/C=C/C=C/C/C=C/C/C=C/CCCC(=O)O. The summed E-state index contributed by atoms with van der Waals surface area (Å²) in [6.45, 7) is 2.16. The predicted octanol–water partition coefficient (Wildman–Crippen LogP) is 5.19. The lowest BCUT2D eigenvalue weighted by Gasteiger charge is -2.02. The van der Waals surface area contributed by atoms with Crippen molar-refractivity contribution in [3.8, 4) is 0 Å². The highest BCUT2D eigenvalue weighted by Gasteiger charge is 1.96. The summed E-state index contributed by atoms with van der Waals surface area (Å²) in [5, 5.41) is 18.2. The van der Waals surface area contributed by atoms with Crippen molar-refractivity contribution in [2.24, 2.45) is 0 Å². The average molecular weight is 320 g/mol. The lowest BCUT2D eigenvalue weighted by atomic mass is 10.1. The maximum atomic E-state index is 10.3. The molecule has 0 aromatic carbocycles. The Bertz CT molecular complexity index is 392. The van der Waals surface area contributed by atoms with E-state index in [0.29, 0.717) is 6.42 Å². The third-order valence-corrected chi connectivity index (χ3v) is 3.32. The van der Waals surface area contributed by atoms with E-state index in [1.165, 1.54) is 12.8 Å². The molecule has 23 heavy (non-hydrogen) atoms. The second-order valence-corrected chi connectivity index (χ2v) is 5.58. The third kappa shape index (κ3) is 18.3. The summed E-state index contributed by atoms with van der Waals surface area (Å²) in [5.41, 5.74) is 0. The number of carboxylic acid groups (broad SMARTS) is 1. The van der Waals surface area contributed by atoms with Gasteiger partial charge in [0.15, 0.2) is 0 Å². The molecule has 0 heterocycles. The van der Waals surface area contributed by atoms with E-state index < -0.39 is 5.97 Å². The smallest absolute Gasteiger partial charge is 0.303 e. The van der Waals surface area contributed by atoms with Gasteiger partial charge in [-0.15, -0.1) is 0 Å². The molecule has 0 aromatic heterocycles. The zero-order valence-electron chi connectivity index (χ0n) is 14.4. The molecule has 0 rings (SSSR count). The van der Waals surface area contributed by atoms with Gasteiger partial charge in [0.25, 0.3) is 0 Å². The van der Waals surface area contributed by atoms with Gasteiger partial charge in [-0.05, 0) is 32.1 Å². The summed E-state index contributed by atoms with van der Waals surface area (Å²) in [5.74, 6) is -0.729. The first-order valence-electron chi connectivity index (χ1n) is 8.70. The van der Waals surface area contributed by atoms with E-state index in [0.717, 1.165) is 32.1 Å². The van der Waals surface area contributed by atoms with Crippen molar-refractivity contribution in [3.05, 3.63) is 48.6 Å². The van der Waals surface area contributed by atoms with Crippen LogP contribution in [0.2, 0.25) is 0 Å². The maximum absolute atomic E-state index is 10.3. The van der Waals surface area contributed by atoms with Crippen LogP contribution >= 0.6 is 0 Å².